The molecule has 1 saturated carbocycles. The van der Waals surface area contributed by atoms with Gasteiger partial charge in [-0.3, -0.25) is 0 Å². The van der Waals surface area contributed by atoms with Crippen LogP contribution in [-0.4, -0.2) is 0 Å². The van der Waals surface area contributed by atoms with Gasteiger partial charge < -0.3 is 5.73 Å². The van der Waals surface area contributed by atoms with Gasteiger partial charge in [-0.05, 0) is 42.5 Å². The molecule has 2 rings (SSSR count). The number of alkyl halides is 3. The predicted molar refractivity (Wildman–Crippen MR) is 68.0 cm³/mol. The molecule has 1 aromatic rings. The first-order valence-electron chi connectivity index (χ1n) is 5.52. The molecule has 0 amide bonds. The van der Waals surface area contributed by atoms with E-state index in [9.17, 15) is 13.2 Å². The van der Waals surface area contributed by atoms with E-state index in [1.54, 1.807) is 0 Å². The van der Waals surface area contributed by atoms with E-state index in [1.807, 2.05) is 0 Å². The highest BCUT2D eigenvalue weighted by atomic mass is 35.5. The summed E-state index contributed by atoms with van der Waals surface area (Å²) in [5.74, 6) is 0.260. The lowest BCUT2D eigenvalue weighted by atomic mass is 9.77. The number of hydrogen-bond donors (Lipinski definition) is 1. The van der Waals surface area contributed by atoms with Crippen molar-refractivity contribution >= 4 is 24.0 Å². The van der Waals surface area contributed by atoms with Crippen LogP contribution >= 0.6 is 24.0 Å². The number of halogens is 5. The molecule has 0 heterocycles. The maximum Gasteiger partial charge on any atom is 0.416 e. The van der Waals surface area contributed by atoms with E-state index in [0.717, 1.165) is 31.4 Å². The molecule has 0 saturated heterocycles. The Morgan fingerprint density at radius 2 is 1.89 bits per heavy atom. The first-order valence-corrected chi connectivity index (χ1v) is 5.89. The van der Waals surface area contributed by atoms with Crippen LogP contribution in [0.5, 0.6) is 0 Å². The topological polar surface area (TPSA) is 26.0 Å². The maximum absolute atomic E-state index is 12.6. The van der Waals surface area contributed by atoms with Crippen LogP contribution in [0.2, 0.25) is 5.02 Å². The number of nitrogens with two attached hydrogens (primary N) is 1. The van der Waals surface area contributed by atoms with Crippen LogP contribution in [0.1, 0.15) is 36.4 Å². The van der Waals surface area contributed by atoms with Gasteiger partial charge in [0.15, 0.2) is 0 Å². The predicted octanol–water partition coefficient (Wildman–Crippen LogP) is 4.58. The highest BCUT2D eigenvalue weighted by molar-refractivity contribution is 6.31. The molecule has 0 radical (unpaired) electrons. The van der Waals surface area contributed by atoms with Gasteiger partial charge in [0, 0.05) is 11.1 Å². The first kappa shape index (κ1) is 15.6. The van der Waals surface area contributed by atoms with Gasteiger partial charge in [-0.25, -0.2) is 0 Å². The van der Waals surface area contributed by atoms with E-state index in [4.69, 9.17) is 17.3 Å². The Labute approximate surface area is 115 Å². The molecule has 1 nitrogen and oxygen atoms in total. The molecule has 0 bridgehead atoms. The Kier molecular flexibility index (Phi) is 4.92. The summed E-state index contributed by atoms with van der Waals surface area (Å²) in [7, 11) is 0. The van der Waals surface area contributed by atoms with Crippen molar-refractivity contribution in [2.75, 3.05) is 0 Å². The second-order valence-electron chi connectivity index (χ2n) is 4.45. The average molecular weight is 300 g/mol. The normalized spacial score (nSPS) is 17.8. The van der Waals surface area contributed by atoms with E-state index in [2.05, 4.69) is 0 Å². The van der Waals surface area contributed by atoms with Crippen molar-refractivity contribution in [3.05, 3.63) is 34.3 Å². The summed E-state index contributed by atoms with van der Waals surface area (Å²) in [6.45, 7) is 0. The second-order valence-corrected chi connectivity index (χ2v) is 4.86. The van der Waals surface area contributed by atoms with Gasteiger partial charge in [-0.1, -0.05) is 18.0 Å². The van der Waals surface area contributed by atoms with Crippen LogP contribution in [0.25, 0.3) is 0 Å². The fourth-order valence-electron chi connectivity index (χ4n) is 2.03. The lowest BCUT2D eigenvalue weighted by Gasteiger charge is -2.32. The monoisotopic (exact) mass is 299 g/mol. The third-order valence-corrected chi connectivity index (χ3v) is 3.68. The van der Waals surface area contributed by atoms with Crippen LogP contribution in [0.15, 0.2) is 18.2 Å². The molecule has 2 N–H and O–H groups in total. The average Bonchev–Trinajstić information content (AvgIpc) is 2.13. The molecule has 1 atom stereocenters. The summed E-state index contributed by atoms with van der Waals surface area (Å²) >= 11 is 5.92. The zero-order valence-electron chi connectivity index (χ0n) is 9.51. The highest BCUT2D eigenvalue weighted by Crippen LogP contribution is 2.40. The highest BCUT2D eigenvalue weighted by Gasteiger charge is 2.33. The van der Waals surface area contributed by atoms with Gasteiger partial charge in [0.25, 0.3) is 0 Å². The van der Waals surface area contributed by atoms with Gasteiger partial charge in [-0.2, -0.15) is 13.2 Å². The molecule has 0 aromatic heterocycles. The molecule has 6 heteroatoms. The fraction of sp³-hybridized carbons (Fsp3) is 0.500. The Morgan fingerprint density at radius 1 is 1.28 bits per heavy atom. The number of hydrogen-bond acceptors (Lipinski definition) is 1. The van der Waals surface area contributed by atoms with Gasteiger partial charge >= 0.3 is 6.18 Å². The van der Waals surface area contributed by atoms with Crippen molar-refractivity contribution < 1.29 is 13.2 Å². The molecular formula is C12H14Cl2F3N. The third kappa shape index (κ3) is 3.11. The molecule has 1 aliphatic rings. The summed E-state index contributed by atoms with van der Waals surface area (Å²) in [6, 6.07) is 2.95. The zero-order valence-corrected chi connectivity index (χ0v) is 11.1. The number of benzene rings is 1. The first-order chi connectivity index (χ1) is 7.89. The minimum atomic E-state index is -4.35. The Morgan fingerprint density at radius 3 is 2.33 bits per heavy atom. The molecule has 1 aromatic carbocycles. The smallest absolute Gasteiger partial charge is 0.324 e. The summed E-state index contributed by atoms with van der Waals surface area (Å²) in [4.78, 5) is 0. The number of rotatable bonds is 2. The van der Waals surface area contributed by atoms with Gasteiger partial charge in [0.05, 0.1) is 5.56 Å². The Balaban J connectivity index is 0.00000162. The minimum Gasteiger partial charge on any atom is -0.324 e. The second kappa shape index (κ2) is 5.68. The summed E-state index contributed by atoms with van der Waals surface area (Å²) in [5.41, 5.74) is 5.68. The van der Waals surface area contributed by atoms with Gasteiger partial charge in [0.2, 0.25) is 0 Å². The summed E-state index contributed by atoms with van der Waals surface area (Å²) in [5, 5.41) is 0.317. The molecule has 1 aliphatic carbocycles. The quantitative estimate of drug-likeness (QED) is 0.850. The van der Waals surface area contributed by atoms with E-state index in [0.29, 0.717) is 10.6 Å². The van der Waals surface area contributed by atoms with Crippen LogP contribution in [0.3, 0.4) is 0 Å². The largest absolute Gasteiger partial charge is 0.416 e. The Bertz CT molecular complexity index is 416. The van der Waals surface area contributed by atoms with Crippen molar-refractivity contribution in [3.8, 4) is 0 Å². The molecule has 102 valence electrons. The van der Waals surface area contributed by atoms with E-state index in [1.165, 1.54) is 6.07 Å². The van der Waals surface area contributed by atoms with E-state index < -0.39 is 17.8 Å². The van der Waals surface area contributed by atoms with Crippen LogP contribution < -0.4 is 5.73 Å². The van der Waals surface area contributed by atoms with E-state index in [-0.39, 0.29) is 18.3 Å². The minimum absolute atomic E-state index is 0. The lowest BCUT2D eigenvalue weighted by molar-refractivity contribution is -0.137. The molecule has 18 heavy (non-hydrogen) atoms. The van der Waals surface area contributed by atoms with Crippen LogP contribution in [0, 0.1) is 5.92 Å². The summed E-state index contributed by atoms with van der Waals surface area (Å²) in [6.07, 6.45) is -1.32. The van der Waals surface area contributed by atoms with Crippen molar-refractivity contribution in [1.29, 1.82) is 0 Å². The van der Waals surface area contributed by atoms with Crippen molar-refractivity contribution in [2.45, 2.75) is 31.5 Å². The molecule has 1 fully saturated rings. The molecular weight excluding hydrogens is 286 g/mol. The van der Waals surface area contributed by atoms with Crippen molar-refractivity contribution in [2.24, 2.45) is 11.7 Å². The van der Waals surface area contributed by atoms with Crippen LogP contribution in [-0.2, 0) is 6.18 Å². The fourth-order valence-corrected chi connectivity index (χ4v) is 2.27. The molecule has 0 unspecified atom stereocenters. The van der Waals surface area contributed by atoms with Gasteiger partial charge in [0.1, 0.15) is 0 Å². The third-order valence-electron chi connectivity index (χ3n) is 3.34. The Hall–Kier alpha value is -0.450. The SMILES string of the molecule is Cl.N[C@H](c1cc(C(F)(F)F)ccc1Cl)C1CCC1. The maximum atomic E-state index is 12.6. The van der Waals surface area contributed by atoms with E-state index >= 15 is 0 Å². The zero-order chi connectivity index (χ0) is 12.6. The standard InChI is InChI=1S/C12H13ClF3N.ClH/c13-10-5-4-8(12(14,15)16)6-9(10)11(17)7-2-1-3-7;/h4-7,11H,1-3,17H2;1H/t11-;/m0./s1. The molecule has 0 spiro atoms. The van der Waals surface area contributed by atoms with Crippen LogP contribution in [0.4, 0.5) is 13.2 Å². The van der Waals surface area contributed by atoms with Crippen molar-refractivity contribution in [1.82, 2.24) is 0 Å². The summed E-state index contributed by atoms with van der Waals surface area (Å²) < 4.78 is 37.7. The van der Waals surface area contributed by atoms with Crippen molar-refractivity contribution in [3.63, 3.8) is 0 Å². The molecule has 0 aliphatic heterocycles. The van der Waals surface area contributed by atoms with Gasteiger partial charge in [-0.15, -0.1) is 12.4 Å². The lowest BCUT2D eigenvalue weighted by Crippen LogP contribution is -2.27.